The Labute approximate surface area is 90.5 Å². The van der Waals surface area contributed by atoms with Crippen molar-refractivity contribution in [3.63, 3.8) is 0 Å². The van der Waals surface area contributed by atoms with Crippen molar-refractivity contribution in [3.05, 3.63) is 24.0 Å². The average molecular weight is 207 g/mol. The summed E-state index contributed by atoms with van der Waals surface area (Å²) in [6.45, 7) is 2.18. The Morgan fingerprint density at radius 2 is 1.93 bits per heavy atom. The lowest BCUT2D eigenvalue weighted by Gasteiger charge is -2.24. The zero-order valence-electron chi connectivity index (χ0n) is 9.47. The molecule has 1 aliphatic rings. The molecule has 0 spiro atoms. The standard InChI is InChI=1S/C11H17N3O/c1-13-6-7-14(2)11(13)10-5-4-9(15-3)8-12-10/h4-5,8,11H,6-7H2,1-3H3. The Morgan fingerprint density at radius 1 is 1.27 bits per heavy atom. The lowest BCUT2D eigenvalue weighted by Crippen LogP contribution is -2.26. The van der Waals surface area contributed by atoms with E-state index in [1.807, 2.05) is 12.1 Å². The van der Waals surface area contributed by atoms with Gasteiger partial charge in [-0.05, 0) is 26.2 Å². The molecule has 2 heterocycles. The van der Waals surface area contributed by atoms with Gasteiger partial charge in [0.15, 0.2) is 0 Å². The van der Waals surface area contributed by atoms with Crippen LogP contribution in [0.5, 0.6) is 5.75 Å². The van der Waals surface area contributed by atoms with Crippen LogP contribution < -0.4 is 4.74 Å². The quantitative estimate of drug-likeness (QED) is 0.722. The van der Waals surface area contributed by atoms with Gasteiger partial charge in [0.05, 0.1) is 19.0 Å². The first-order chi connectivity index (χ1) is 7.22. The van der Waals surface area contributed by atoms with Gasteiger partial charge in [-0.2, -0.15) is 0 Å². The van der Waals surface area contributed by atoms with E-state index in [4.69, 9.17) is 4.74 Å². The molecule has 1 aliphatic heterocycles. The van der Waals surface area contributed by atoms with E-state index in [1.165, 1.54) is 0 Å². The van der Waals surface area contributed by atoms with Crippen molar-refractivity contribution in [3.8, 4) is 5.75 Å². The third-order valence-electron chi connectivity index (χ3n) is 2.90. The molecule has 1 fully saturated rings. The first-order valence-electron chi connectivity index (χ1n) is 5.13. The maximum Gasteiger partial charge on any atom is 0.137 e. The second kappa shape index (κ2) is 4.16. The molecule has 0 unspecified atom stereocenters. The molecule has 4 nitrogen and oxygen atoms in total. The van der Waals surface area contributed by atoms with Gasteiger partial charge in [0, 0.05) is 13.1 Å². The molecule has 0 atom stereocenters. The van der Waals surface area contributed by atoms with Crippen LogP contribution in [0, 0.1) is 0 Å². The number of likely N-dealkylation sites (N-methyl/N-ethyl adjacent to an activating group) is 2. The fourth-order valence-corrected chi connectivity index (χ4v) is 2.01. The number of methoxy groups -OCH3 is 1. The van der Waals surface area contributed by atoms with Gasteiger partial charge in [0.2, 0.25) is 0 Å². The van der Waals surface area contributed by atoms with Gasteiger partial charge in [-0.15, -0.1) is 0 Å². The SMILES string of the molecule is COc1ccc(C2N(C)CCN2C)nc1. The molecule has 1 aromatic heterocycles. The summed E-state index contributed by atoms with van der Waals surface area (Å²) < 4.78 is 5.10. The normalized spacial score (nSPS) is 19.7. The first kappa shape index (κ1) is 10.4. The molecule has 0 bridgehead atoms. The largest absolute Gasteiger partial charge is 0.495 e. The molecule has 1 aromatic rings. The highest BCUT2D eigenvalue weighted by Gasteiger charge is 2.28. The monoisotopic (exact) mass is 207 g/mol. The van der Waals surface area contributed by atoms with Crippen molar-refractivity contribution in [1.29, 1.82) is 0 Å². The van der Waals surface area contributed by atoms with Gasteiger partial charge in [0.25, 0.3) is 0 Å². The van der Waals surface area contributed by atoms with Crippen molar-refractivity contribution in [1.82, 2.24) is 14.8 Å². The molecule has 0 aromatic carbocycles. The Bertz CT molecular complexity index is 315. The number of ether oxygens (including phenoxy) is 1. The lowest BCUT2D eigenvalue weighted by atomic mass is 10.2. The van der Waals surface area contributed by atoms with Crippen LogP contribution >= 0.6 is 0 Å². The zero-order valence-corrected chi connectivity index (χ0v) is 9.47. The Kier molecular flexibility index (Phi) is 2.88. The minimum absolute atomic E-state index is 0.302. The molecule has 0 saturated carbocycles. The van der Waals surface area contributed by atoms with E-state index in [2.05, 4.69) is 28.9 Å². The molecule has 0 radical (unpaired) electrons. The third kappa shape index (κ3) is 1.96. The molecular weight excluding hydrogens is 190 g/mol. The topological polar surface area (TPSA) is 28.6 Å². The van der Waals surface area contributed by atoms with E-state index in [1.54, 1.807) is 13.3 Å². The molecule has 0 N–H and O–H groups in total. The van der Waals surface area contributed by atoms with Gasteiger partial charge in [0.1, 0.15) is 11.9 Å². The predicted molar refractivity (Wildman–Crippen MR) is 58.8 cm³/mol. The summed E-state index contributed by atoms with van der Waals surface area (Å²) in [6, 6.07) is 3.99. The molecule has 15 heavy (non-hydrogen) atoms. The van der Waals surface area contributed by atoms with E-state index in [-0.39, 0.29) is 0 Å². The van der Waals surface area contributed by atoms with E-state index < -0.39 is 0 Å². The summed E-state index contributed by atoms with van der Waals surface area (Å²) in [7, 11) is 5.91. The summed E-state index contributed by atoms with van der Waals surface area (Å²) in [4.78, 5) is 9.02. The highest BCUT2D eigenvalue weighted by Crippen LogP contribution is 2.26. The Morgan fingerprint density at radius 3 is 2.40 bits per heavy atom. The lowest BCUT2D eigenvalue weighted by molar-refractivity contribution is 0.185. The summed E-state index contributed by atoms with van der Waals surface area (Å²) >= 11 is 0. The van der Waals surface area contributed by atoms with Crippen LogP contribution in [0.25, 0.3) is 0 Å². The first-order valence-corrected chi connectivity index (χ1v) is 5.13. The molecule has 0 aliphatic carbocycles. The van der Waals surface area contributed by atoms with Crippen LogP contribution in [-0.4, -0.2) is 49.1 Å². The number of aromatic nitrogens is 1. The van der Waals surface area contributed by atoms with Gasteiger partial charge in [-0.25, -0.2) is 0 Å². The van der Waals surface area contributed by atoms with Crippen molar-refractivity contribution in [2.24, 2.45) is 0 Å². The molecule has 2 rings (SSSR count). The molecule has 0 amide bonds. The highest BCUT2D eigenvalue weighted by molar-refractivity contribution is 5.21. The zero-order chi connectivity index (χ0) is 10.8. The van der Waals surface area contributed by atoms with Gasteiger partial charge in [-0.1, -0.05) is 0 Å². The fraction of sp³-hybridized carbons (Fsp3) is 0.545. The third-order valence-corrected chi connectivity index (χ3v) is 2.90. The van der Waals surface area contributed by atoms with Crippen LogP contribution in [0.15, 0.2) is 18.3 Å². The smallest absolute Gasteiger partial charge is 0.137 e. The van der Waals surface area contributed by atoms with Crippen LogP contribution in [0.1, 0.15) is 11.9 Å². The minimum atomic E-state index is 0.302. The number of hydrogen-bond donors (Lipinski definition) is 0. The number of pyridine rings is 1. The Balaban J connectivity index is 2.21. The van der Waals surface area contributed by atoms with Crippen LogP contribution in [0.2, 0.25) is 0 Å². The van der Waals surface area contributed by atoms with Gasteiger partial charge >= 0.3 is 0 Å². The molecule has 4 heteroatoms. The average Bonchev–Trinajstić information content (AvgIpc) is 2.59. The highest BCUT2D eigenvalue weighted by atomic mass is 16.5. The number of hydrogen-bond acceptors (Lipinski definition) is 4. The van der Waals surface area contributed by atoms with Crippen LogP contribution in [0.4, 0.5) is 0 Å². The number of nitrogens with zero attached hydrogens (tertiary/aromatic N) is 3. The maximum absolute atomic E-state index is 5.10. The summed E-state index contributed by atoms with van der Waals surface area (Å²) in [5.41, 5.74) is 1.08. The van der Waals surface area contributed by atoms with E-state index >= 15 is 0 Å². The predicted octanol–water partition coefficient (Wildman–Crippen LogP) is 0.966. The van der Waals surface area contributed by atoms with Crippen molar-refractivity contribution in [2.75, 3.05) is 34.3 Å². The van der Waals surface area contributed by atoms with Crippen LogP contribution in [-0.2, 0) is 0 Å². The van der Waals surface area contributed by atoms with E-state index in [0.29, 0.717) is 6.17 Å². The number of rotatable bonds is 2. The fourth-order valence-electron chi connectivity index (χ4n) is 2.01. The van der Waals surface area contributed by atoms with E-state index in [0.717, 1.165) is 24.5 Å². The van der Waals surface area contributed by atoms with Crippen molar-refractivity contribution in [2.45, 2.75) is 6.17 Å². The van der Waals surface area contributed by atoms with E-state index in [9.17, 15) is 0 Å². The minimum Gasteiger partial charge on any atom is -0.495 e. The maximum atomic E-state index is 5.10. The summed E-state index contributed by atoms with van der Waals surface area (Å²) in [5, 5.41) is 0. The van der Waals surface area contributed by atoms with Crippen molar-refractivity contribution < 1.29 is 4.74 Å². The van der Waals surface area contributed by atoms with Gasteiger partial charge in [-0.3, -0.25) is 14.8 Å². The second-order valence-electron chi connectivity index (χ2n) is 3.96. The summed E-state index contributed by atoms with van der Waals surface area (Å²) in [5.74, 6) is 0.807. The summed E-state index contributed by atoms with van der Waals surface area (Å²) in [6.07, 6.45) is 2.07. The van der Waals surface area contributed by atoms with Crippen LogP contribution in [0.3, 0.4) is 0 Å². The molecular formula is C11H17N3O. The molecule has 1 saturated heterocycles. The molecule has 82 valence electrons. The second-order valence-corrected chi connectivity index (χ2v) is 3.96. The Hall–Kier alpha value is -1.13. The van der Waals surface area contributed by atoms with Crippen molar-refractivity contribution >= 4 is 0 Å². The van der Waals surface area contributed by atoms with Gasteiger partial charge < -0.3 is 4.74 Å².